The number of H-pyrrole nitrogens is 1. The number of para-hydroxylation sites is 1. The Hall–Kier alpha value is -3.93. The minimum atomic E-state index is 0. The van der Waals surface area contributed by atoms with Crippen LogP contribution < -0.4 is 36.1 Å². The van der Waals surface area contributed by atoms with Crippen LogP contribution in [-0.4, -0.2) is 93.7 Å². The molecule has 4 aliphatic heterocycles. The number of nitrogens with zero attached hydrogens (tertiary/aromatic N) is 3. The summed E-state index contributed by atoms with van der Waals surface area (Å²) in [5.74, 6) is 2.65. The lowest BCUT2D eigenvalue weighted by molar-refractivity contribution is 0.174. The smallest absolute Gasteiger partial charge is 0.231 e. The number of aromatic amines is 1. The SMILES string of the molecule is C.NCCc1cnc[nH]1.c1cc2c(cc1CN1CCNCC1)OCO2.c1ccc(CC2CCNCC2)cc1.c1ccc(N2CCNCC2)cc1. The van der Waals surface area contributed by atoms with Crippen molar-refractivity contribution in [2.75, 3.05) is 83.7 Å². The van der Waals surface area contributed by atoms with Crippen molar-refractivity contribution in [1.82, 2.24) is 30.8 Å². The molecule has 10 nitrogen and oxygen atoms in total. The minimum absolute atomic E-state index is 0. The Labute approximate surface area is 300 Å². The molecule has 3 fully saturated rings. The number of nitrogens with one attached hydrogen (secondary N) is 4. The summed E-state index contributed by atoms with van der Waals surface area (Å²) in [6.07, 6.45) is 8.28. The van der Waals surface area contributed by atoms with Crippen LogP contribution in [0.4, 0.5) is 5.69 Å². The highest BCUT2D eigenvalue weighted by Crippen LogP contribution is 2.32. The van der Waals surface area contributed by atoms with Gasteiger partial charge < -0.3 is 41.0 Å². The van der Waals surface area contributed by atoms with Gasteiger partial charge in [-0.15, -0.1) is 0 Å². The Bertz CT molecular complexity index is 1410. The first-order valence-electron chi connectivity index (χ1n) is 18.0. The van der Waals surface area contributed by atoms with Gasteiger partial charge in [-0.25, -0.2) is 4.98 Å². The number of aromatic nitrogens is 2. The van der Waals surface area contributed by atoms with Crippen molar-refractivity contribution in [3.63, 3.8) is 0 Å². The van der Waals surface area contributed by atoms with Crippen molar-refractivity contribution in [3.8, 4) is 11.5 Å². The summed E-state index contributed by atoms with van der Waals surface area (Å²) in [7, 11) is 0. The van der Waals surface area contributed by atoms with Crippen molar-refractivity contribution in [1.29, 1.82) is 0 Å². The number of hydrogen-bond acceptors (Lipinski definition) is 9. The van der Waals surface area contributed by atoms with Gasteiger partial charge in [-0.3, -0.25) is 4.90 Å². The summed E-state index contributed by atoms with van der Waals surface area (Å²) in [4.78, 5) is 11.6. The van der Waals surface area contributed by atoms with Crippen molar-refractivity contribution in [2.45, 2.75) is 39.7 Å². The predicted molar refractivity (Wildman–Crippen MR) is 206 cm³/mol. The number of piperazine rings is 2. The van der Waals surface area contributed by atoms with Crippen LogP contribution in [-0.2, 0) is 19.4 Å². The molecule has 272 valence electrons. The Balaban J connectivity index is 0.000000153. The van der Waals surface area contributed by atoms with Crippen molar-refractivity contribution in [2.24, 2.45) is 11.7 Å². The molecule has 5 heterocycles. The summed E-state index contributed by atoms with van der Waals surface area (Å²) in [5.41, 5.74) is 10.5. The highest BCUT2D eigenvalue weighted by Gasteiger charge is 2.16. The van der Waals surface area contributed by atoms with E-state index in [-0.39, 0.29) is 7.43 Å². The molecule has 4 aromatic rings. The lowest BCUT2D eigenvalue weighted by Gasteiger charge is -2.29. The van der Waals surface area contributed by atoms with Gasteiger partial charge in [-0.2, -0.15) is 0 Å². The van der Waals surface area contributed by atoms with Gasteiger partial charge >= 0.3 is 0 Å². The first-order chi connectivity index (χ1) is 24.3. The first-order valence-corrected chi connectivity index (χ1v) is 18.0. The second kappa shape index (κ2) is 22.7. The van der Waals surface area contributed by atoms with Gasteiger partial charge in [0.05, 0.1) is 6.33 Å². The van der Waals surface area contributed by atoms with Gasteiger partial charge in [-0.05, 0) is 80.2 Å². The third-order valence-corrected chi connectivity index (χ3v) is 9.09. The van der Waals surface area contributed by atoms with Gasteiger partial charge in [0.15, 0.2) is 11.5 Å². The third kappa shape index (κ3) is 13.8. The number of imidazole rings is 1. The number of piperidine rings is 1. The van der Waals surface area contributed by atoms with E-state index in [1.807, 2.05) is 6.07 Å². The van der Waals surface area contributed by atoms with Crippen LogP contribution in [0.1, 0.15) is 37.1 Å². The van der Waals surface area contributed by atoms with E-state index in [2.05, 4.69) is 109 Å². The average Bonchev–Trinajstić information content (AvgIpc) is 3.87. The van der Waals surface area contributed by atoms with Crippen LogP contribution in [0.25, 0.3) is 0 Å². The highest BCUT2D eigenvalue weighted by atomic mass is 16.7. The fourth-order valence-corrected chi connectivity index (χ4v) is 6.34. The van der Waals surface area contributed by atoms with E-state index in [4.69, 9.17) is 15.2 Å². The predicted octanol–water partition coefficient (Wildman–Crippen LogP) is 4.69. The molecule has 8 rings (SSSR count). The molecular weight excluding hydrogens is 624 g/mol. The largest absolute Gasteiger partial charge is 0.454 e. The fraction of sp³-hybridized carbons (Fsp3) is 0.475. The summed E-state index contributed by atoms with van der Waals surface area (Å²) in [6.45, 7) is 13.3. The fourth-order valence-electron chi connectivity index (χ4n) is 6.34. The zero-order valence-electron chi connectivity index (χ0n) is 29.0. The maximum atomic E-state index is 5.38. The summed E-state index contributed by atoms with van der Waals surface area (Å²) in [5, 5.41) is 10.1. The van der Waals surface area contributed by atoms with Gasteiger partial charge in [0.25, 0.3) is 0 Å². The molecule has 0 aliphatic carbocycles. The Kier molecular flexibility index (Phi) is 17.7. The lowest BCUT2D eigenvalue weighted by atomic mass is 9.91. The van der Waals surface area contributed by atoms with Gasteiger partial charge in [0, 0.05) is 82.9 Å². The molecule has 1 aromatic heterocycles. The number of anilines is 1. The summed E-state index contributed by atoms with van der Waals surface area (Å²) >= 11 is 0. The molecule has 0 amide bonds. The molecule has 3 aromatic carbocycles. The molecule has 4 aliphatic rings. The molecule has 0 atom stereocenters. The molecule has 0 spiro atoms. The molecule has 0 radical (unpaired) electrons. The van der Waals surface area contributed by atoms with Gasteiger partial charge in [-0.1, -0.05) is 62.0 Å². The summed E-state index contributed by atoms with van der Waals surface area (Å²) < 4.78 is 10.7. The van der Waals surface area contributed by atoms with Crippen molar-refractivity contribution in [3.05, 3.63) is 108 Å². The molecule has 10 heteroatoms. The Morgan fingerprint density at radius 2 is 1.36 bits per heavy atom. The van der Waals surface area contributed by atoms with Crippen LogP contribution in [0, 0.1) is 5.92 Å². The molecule has 6 N–H and O–H groups in total. The van der Waals surface area contributed by atoms with E-state index in [1.165, 1.54) is 49.2 Å². The van der Waals surface area contributed by atoms with Crippen molar-refractivity contribution >= 4 is 5.69 Å². The molecule has 0 bridgehead atoms. The Morgan fingerprint density at radius 3 is 2.02 bits per heavy atom. The number of nitrogens with two attached hydrogens (primary N) is 1. The second-order valence-corrected chi connectivity index (χ2v) is 12.8. The maximum absolute atomic E-state index is 5.38. The Morgan fingerprint density at radius 1 is 0.720 bits per heavy atom. The molecular formula is C40H60N8O2. The van der Waals surface area contributed by atoms with E-state index in [9.17, 15) is 0 Å². The van der Waals surface area contributed by atoms with E-state index < -0.39 is 0 Å². The van der Waals surface area contributed by atoms with Crippen LogP contribution >= 0.6 is 0 Å². The van der Waals surface area contributed by atoms with E-state index in [1.54, 1.807) is 12.5 Å². The molecule has 50 heavy (non-hydrogen) atoms. The topological polar surface area (TPSA) is 116 Å². The number of fused-ring (bicyclic) bond motifs is 1. The van der Waals surface area contributed by atoms with Crippen LogP contribution in [0.15, 0.2) is 91.4 Å². The number of rotatable bonds is 7. The number of ether oxygens (including phenoxy) is 2. The molecule has 3 saturated heterocycles. The molecule has 0 saturated carbocycles. The quantitative estimate of drug-likeness (QED) is 0.189. The normalized spacial score (nSPS) is 17.1. The van der Waals surface area contributed by atoms with E-state index in [0.717, 1.165) is 88.4 Å². The third-order valence-electron chi connectivity index (χ3n) is 9.09. The van der Waals surface area contributed by atoms with Crippen LogP contribution in [0.3, 0.4) is 0 Å². The minimum Gasteiger partial charge on any atom is -0.454 e. The number of hydrogen-bond donors (Lipinski definition) is 5. The highest BCUT2D eigenvalue weighted by molar-refractivity contribution is 5.46. The summed E-state index contributed by atoms with van der Waals surface area (Å²) in [6, 6.07) is 27.6. The van der Waals surface area contributed by atoms with Crippen LogP contribution in [0.2, 0.25) is 0 Å². The second-order valence-electron chi connectivity index (χ2n) is 12.8. The van der Waals surface area contributed by atoms with E-state index in [0.29, 0.717) is 13.3 Å². The van der Waals surface area contributed by atoms with Crippen molar-refractivity contribution < 1.29 is 9.47 Å². The number of benzene rings is 3. The molecule has 0 unspecified atom stereocenters. The van der Waals surface area contributed by atoms with Crippen LogP contribution in [0.5, 0.6) is 11.5 Å². The van der Waals surface area contributed by atoms with Gasteiger partial charge in [0.1, 0.15) is 0 Å². The maximum Gasteiger partial charge on any atom is 0.231 e. The zero-order chi connectivity index (χ0) is 33.8. The first kappa shape index (κ1) is 38.9. The standard InChI is InChI=1S/C12H16N2O2.C12H17N.C10H14N2.C5H9N3.CH4/c1-2-11-12(16-9-15-11)7-10(1)8-14-5-3-13-4-6-14;1-2-4-11(5-3-1)10-12-6-8-13-9-7-12;1-2-4-10(5-3-1)12-8-6-11-7-9-12;6-2-1-5-3-7-4-8-5;/h1-2,7,13H,3-6,8-9H2;1-5,12-13H,6-10H2;1-5,11H,6-9H2;3-4H,1-2,6H2,(H,7,8);1H4. The lowest BCUT2D eigenvalue weighted by Crippen LogP contribution is -2.43. The average molecular weight is 685 g/mol. The zero-order valence-corrected chi connectivity index (χ0v) is 29.0. The van der Waals surface area contributed by atoms with Gasteiger partial charge in [0.2, 0.25) is 6.79 Å². The van der Waals surface area contributed by atoms with E-state index >= 15 is 0 Å². The monoisotopic (exact) mass is 684 g/mol.